The van der Waals surface area contributed by atoms with Gasteiger partial charge in [0, 0.05) is 52.4 Å². The fourth-order valence-corrected chi connectivity index (χ4v) is 2.32. The number of nitrogens with one attached hydrogen (secondary N) is 2. The molecule has 1 aromatic carbocycles. The van der Waals surface area contributed by atoms with E-state index in [2.05, 4.69) is 47.7 Å². The lowest BCUT2D eigenvalue weighted by Crippen LogP contribution is -2.38. The Bertz CT molecular complexity index is 527. The molecule has 0 radical (unpaired) electrons. The van der Waals surface area contributed by atoms with Crippen molar-refractivity contribution < 1.29 is 14.2 Å². The van der Waals surface area contributed by atoms with Gasteiger partial charge < -0.3 is 24.8 Å². The van der Waals surface area contributed by atoms with Crippen LogP contribution in [0.4, 0.5) is 0 Å². The lowest BCUT2D eigenvalue weighted by molar-refractivity contribution is 0.136. The Kier molecular flexibility index (Phi) is 16.4. The maximum absolute atomic E-state index is 5.92. The van der Waals surface area contributed by atoms with Gasteiger partial charge in [-0.25, -0.2) is 0 Å². The molecule has 0 aliphatic heterocycles. The van der Waals surface area contributed by atoms with E-state index in [0.717, 1.165) is 49.7 Å². The Balaban J connectivity index is 0.00000676. The Labute approximate surface area is 181 Å². The van der Waals surface area contributed by atoms with Crippen LogP contribution in [-0.2, 0) is 16.0 Å². The number of rotatable bonds is 13. The predicted molar refractivity (Wildman–Crippen MR) is 123 cm³/mol. The number of guanidine groups is 1. The minimum absolute atomic E-state index is 0. The van der Waals surface area contributed by atoms with Gasteiger partial charge in [-0.2, -0.15) is 0 Å². The van der Waals surface area contributed by atoms with Crippen LogP contribution in [0, 0.1) is 6.92 Å². The molecule has 0 spiro atoms. The van der Waals surface area contributed by atoms with Crippen LogP contribution < -0.4 is 15.4 Å². The van der Waals surface area contributed by atoms with Crippen molar-refractivity contribution in [1.29, 1.82) is 0 Å². The molecule has 0 atom stereocenters. The molecule has 0 aromatic heterocycles. The Morgan fingerprint density at radius 3 is 2.59 bits per heavy atom. The monoisotopic (exact) mass is 493 g/mol. The number of unbranched alkanes of at least 4 members (excludes halogenated alkanes) is 1. The number of hydrogen-bond donors (Lipinski definition) is 2. The number of hydrogen-bond acceptors (Lipinski definition) is 4. The Morgan fingerprint density at radius 1 is 1.07 bits per heavy atom. The summed E-state index contributed by atoms with van der Waals surface area (Å²) in [6.45, 7) is 8.46. The molecule has 1 aromatic rings. The third kappa shape index (κ3) is 12.1. The van der Waals surface area contributed by atoms with Crippen LogP contribution in [-0.4, -0.2) is 53.1 Å². The SMILES string of the molecule is CCCCOCCNC(=NC)NCc1ccc(C)cc1OCCCOC.I. The molecule has 0 bridgehead atoms. The standard InChI is InChI=1S/C20H35N3O3.HI/c1-5-6-12-25-14-10-22-20(21-3)23-16-18-9-8-17(2)15-19(18)26-13-7-11-24-4;/h8-9,15H,5-7,10-14,16H2,1-4H3,(H2,21,22,23);1H. The van der Waals surface area contributed by atoms with Crippen molar-refractivity contribution >= 4 is 29.9 Å². The van der Waals surface area contributed by atoms with E-state index in [9.17, 15) is 0 Å². The zero-order valence-corrected chi connectivity index (χ0v) is 19.5. The van der Waals surface area contributed by atoms with Crippen LogP contribution in [0.25, 0.3) is 0 Å². The van der Waals surface area contributed by atoms with Gasteiger partial charge in [0.1, 0.15) is 5.75 Å². The summed E-state index contributed by atoms with van der Waals surface area (Å²) in [4.78, 5) is 4.25. The molecule has 7 heteroatoms. The summed E-state index contributed by atoms with van der Waals surface area (Å²) in [6, 6.07) is 6.26. The zero-order valence-electron chi connectivity index (χ0n) is 17.2. The number of aryl methyl sites for hydroxylation is 1. The largest absolute Gasteiger partial charge is 0.493 e. The first kappa shape index (κ1) is 25.9. The Morgan fingerprint density at radius 2 is 1.89 bits per heavy atom. The van der Waals surface area contributed by atoms with Crippen LogP contribution in [0.3, 0.4) is 0 Å². The van der Waals surface area contributed by atoms with Gasteiger partial charge in [0.2, 0.25) is 0 Å². The predicted octanol–water partition coefficient (Wildman–Crippen LogP) is 3.51. The van der Waals surface area contributed by atoms with Crippen LogP contribution >= 0.6 is 24.0 Å². The minimum atomic E-state index is 0. The quantitative estimate of drug-likeness (QED) is 0.191. The van der Waals surface area contributed by atoms with Crippen molar-refractivity contribution in [1.82, 2.24) is 10.6 Å². The van der Waals surface area contributed by atoms with Crippen LogP contribution in [0.1, 0.15) is 37.3 Å². The summed E-state index contributed by atoms with van der Waals surface area (Å²) in [5, 5.41) is 6.59. The summed E-state index contributed by atoms with van der Waals surface area (Å²) in [7, 11) is 3.47. The van der Waals surface area contributed by atoms with Crippen molar-refractivity contribution in [3.05, 3.63) is 29.3 Å². The Hall–Kier alpha value is -1.06. The van der Waals surface area contributed by atoms with E-state index in [1.165, 1.54) is 5.56 Å². The second kappa shape index (κ2) is 17.1. The first-order chi connectivity index (χ1) is 12.7. The summed E-state index contributed by atoms with van der Waals surface area (Å²) in [6.07, 6.45) is 3.13. The summed E-state index contributed by atoms with van der Waals surface area (Å²) in [5.74, 6) is 1.67. The third-order valence-corrected chi connectivity index (χ3v) is 3.82. The minimum Gasteiger partial charge on any atom is -0.493 e. The van der Waals surface area contributed by atoms with Gasteiger partial charge in [0.15, 0.2) is 5.96 Å². The average molecular weight is 493 g/mol. The van der Waals surface area contributed by atoms with E-state index in [-0.39, 0.29) is 24.0 Å². The fraction of sp³-hybridized carbons (Fsp3) is 0.650. The van der Waals surface area contributed by atoms with Crippen molar-refractivity contribution in [3.63, 3.8) is 0 Å². The number of halogens is 1. The van der Waals surface area contributed by atoms with Gasteiger partial charge in [-0.1, -0.05) is 25.5 Å². The molecule has 0 amide bonds. The molecule has 6 nitrogen and oxygen atoms in total. The molecule has 0 heterocycles. The summed E-state index contributed by atoms with van der Waals surface area (Å²) < 4.78 is 16.5. The first-order valence-electron chi connectivity index (χ1n) is 9.44. The maximum Gasteiger partial charge on any atom is 0.191 e. The molecule has 27 heavy (non-hydrogen) atoms. The van der Waals surface area contributed by atoms with Crippen molar-refractivity contribution in [2.45, 2.75) is 39.7 Å². The van der Waals surface area contributed by atoms with Gasteiger partial charge in [-0.05, 0) is 25.0 Å². The topological polar surface area (TPSA) is 64.1 Å². The third-order valence-electron chi connectivity index (χ3n) is 3.82. The normalized spacial score (nSPS) is 11.0. The van der Waals surface area contributed by atoms with Gasteiger partial charge in [-0.15, -0.1) is 24.0 Å². The lowest BCUT2D eigenvalue weighted by Gasteiger charge is -2.15. The van der Waals surface area contributed by atoms with Crippen LogP contribution in [0.15, 0.2) is 23.2 Å². The first-order valence-corrected chi connectivity index (χ1v) is 9.44. The summed E-state index contributed by atoms with van der Waals surface area (Å²) >= 11 is 0. The highest BCUT2D eigenvalue weighted by Gasteiger charge is 2.06. The summed E-state index contributed by atoms with van der Waals surface area (Å²) in [5.41, 5.74) is 2.29. The molecular formula is C20H36IN3O3. The highest BCUT2D eigenvalue weighted by molar-refractivity contribution is 14.0. The van der Waals surface area contributed by atoms with Gasteiger partial charge >= 0.3 is 0 Å². The number of aliphatic imine (C=N–C) groups is 1. The number of ether oxygens (including phenoxy) is 3. The highest BCUT2D eigenvalue weighted by atomic mass is 127. The molecule has 0 fully saturated rings. The van der Waals surface area contributed by atoms with E-state index in [0.29, 0.717) is 26.4 Å². The zero-order chi connectivity index (χ0) is 19.0. The molecule has 0 saturated heterocycles. The number of benzene rings is 1. The van der Waals surface area contributed by atoms with Crippen LogP contribution in [0.5, 0.6) is 5.75 Å². The van der Waals surface area contributed by atoms with E-state index >= 15 is 0 Å². The van der Waals surface area contributed by atoms with Crippen molar-refractivity contribution in [2.75, 3.05) is 47.1 Å². The second-order valence-electron chi connectivity index (χ2n) is 6.12. The van der Waals surface area contributed by atoms with E-state index in [4.69, 9.17) is 14.2 Å². The number of methoxy groups -OCH3 is 1. The van der Waals surface area contributed by atoms with Crippen LogP contribution in [0.2, 0.25) is 0 Å². The fourth-order valence-electron chi connectivity index (χ4n) is 2.32. The molecular weight excluding hydrogens is 457 g/mol. The molecule has 156 valence electrons. The van der Waals surface area contributed by atoms with Gasteiger partial charge in [-0.3, -0.25) is 4.99 Å². The molecule has 0 aliphatic carbocycles. The number of nitrogens with zero attached hydrogens (tertiary/aromatic N) is 1. The van der Waals surface area contributed by atoms with E-state index in [1.807, 2.05) is 0 Å². The smallest absolute Gasteiger partial charge is 0.191 e. The molecule has 0 unspecified atom stereocenters. The van der Waals surface area contributed by atoms with E-state index < -0.39 is 0 Å². The molecule has 2 N–H and O–H groups in total. The maximum atomic E-state index is 5.92. The molecule has 1 rings (SSSR count). The molecule has 0 aliphatic rings. The average Bonchev–Trinajstić information content (AvgIpc) is 2.65. The highest BCUT2D eigenvalue weighted by Crippen LogP contribution is 2.20. The van der Waals surface area contributed by atoms with E-state index in [1.54, 1.807) is 14.2 Å². The molecule has 0 saturated carbocycles. The van der Waals surface area contributed by atoms with Crippen molar-refractivity contribution in [2.24, 2.45) is 4.99 Å². The van der Waals surface area contributed by atoms with Crippen molar-refractivity contribution in [3.8, 4) is 5.75 Å². The van der Waals surface area contributed by atoms with Gasteiger partial charge in [0.05, 0.1) is 13.2 Å². The lowest BCUT2D eigenvalue weighted by atomic mass is 10.1. The second-order valence-corrected chi connectivity index (χ2v) is 6.12. The van der Waals surface area contributed by atoms with Gasteiger partial charge in [0.25, 0.3) is 0 Å².